The van der Waals surface area contributed by atoms with Crippen LogP contribution in [0.25, 0.3) is 0 Å². The molecule has 1 aliphatic rings. The molecule has 0 aromatic heterocycles. The van der Waals surface area contributed by atoms with Gasteiger partial charge in [-0.3, -0.25) is 4.79 Å². The molecular formula is C19H33Cl2N3O. The van der Waals surface area contributed by atoms with E-state index in [1.54, 1.807) is 0 Å². The number of nitrogens with zero attached hydrogens (tertiary/aromatic N) is 1. The van der Waals surface area contributed by atoms with E-state index in [9.17, 15) is 4.79 Å². The predicted octanol–water partition coefficient (Wildman–Crippen LogP) is 3.17. The summed E-state index contributed by atoms with van der Waals surface area (Å²) in [5.74, 6) is -0.0371. The maximum atomic E-state index is 12.0. The Kier molecular flexibility index (Phi) is 13.9. The predicted molar refractivity (Wildman–Crippen MR) is 110 cm³/mol. The van der Waals surface area contributed by atoms with E-state index in [0.717, 1.165) is 18.5 Å². The summed E-state index contributed by atoms with van der Waals surface area (Å²) in [6.07, 6.45) is 8.15. The molecule has 1 unspecified atom stereocenters. The molecule has 1 saturated heterocycles. The topological polar surface area (TPSA) is 58.4 Å². The number of amides is 1. The van der Waals surface area contributed by atoms with E-state index < -0.39 is 6.04 Å². The fourth-order valence-electron chi connectivity index (χ4n) is 3.12. The van der Waals surface area contributed by atoms with Crippen molar-refractivity contribution in [2.45, 2.75) is 51.0 Å². The Hall–Kier alpha value is -0.810. The Balaban J connectivity index is 0.00000288. The van der Waals surface area contributed by atoms with Gasteiger partial charge in [0.1, 0.15) is 0 Å². The van der Waals surface area contributed by atoms with E-state index in [-0.39, 0.29) is 30.7 Å². The van der Waals surface area contributed by atoms with Crippen molar-refractivity contribution in [3.05, 3.63) is 35.9 Å². The fourth-order valence-corrected chi connectivity index (χ4v) is 3.12. The first-order valence-electron chi connectivity index (χ1n) is 9.05. The molecule has 2 rings (SSSR count). The summed E-state index contributed by atoms with van der Waals surface area (Å²) in [7, 11) is 0. The van der Waals surface area contributed by atoms with E-state index in [4.69, 9.17) is 5.73 Å². The van der Waals surface area contributed by atoms with Crippen LogP contribution in [-0.4, -0.2) is 43.0 Å². The molecule has 0 bridgehead atoms. The van der Waals surface area contributed by atoms with Crippen LogP contribution in [0, 0.1) is 0 Å². The van der Waals surface area contributed by atoms with Crippen LogP contribution in [0.4, 0.5) is 0 Å². The van der Waals surface area contributed by atoms with Gasteiger partial charge in [0.25, 0.3) is 0 Å². The van der Waals surface area contributed by atoms with Crippen molar-refractivity contribution >= 4 is 30.7 Å². The zero-order valence-electron chi connectivity index (χ0n) is 15.0. The SMILES string of the molecule is Cl.Cl.NC(Cc1ccccc1)C(=O)NCCCCCN1CCCCC1. The van der Waals surface area contributed by atoms with Crippen LogP contribution in [-0.2, 0) is 11.2 Å². The smallest absolute Gasteiger partial charge is 0.237 e. The van der Waals surface area contributed by atoms with Crippen LogP contribution >= 0.6 is 24.8 Å². The molecule has 1 fully saturated rings. The molecule has 0 radical (unpaired) electrons. The number of carbonyl (C=O) groups is 1. The summed E-state index contributed by atoms with van der Waals surface area (Å²) >= 11 is 0. The molecule has 1 heterocycles. The second kappa shape index (κ2) is 14.4. The Morgan fingerprint density at radius 3 is 2.40 bits per heavy atom. The molecule has 4 nitrogen and oxygen atoms in total. The minimum atomic E-state index is -0.453. The first-order chi connectivity index (χ1) is 11.3. The van der Waals surface area contributed by atoms with E-state index in [1.165, 1.54) is 51.7 Å². The number of likely N-dealkylation sites (tertiary alicyclic amines) is 1. The van der Waals surface area contributed by atoms with Crippen molar-refractivity contribution < 1.29 is 4.79 Å². The molecular weight excluding hydrogens is 357 g/mol. The fraction of sp³-hybridized carbons (Fsp3) is 0.632. The maximum absolute atomic E-state index is 12.0. The normalized spacial score (nSPS) is 15.6. The Bertz CT molecular complexity index is 453. The van der Waals surface area contributed by atoms with Crippen molar-refractivity contribution in [1.29, 1.82) is 0 Å². The molecule has 0 saturated carbocycles. The Morgan fingerprint density at radius 1 is 1.04 bits per heavy atom. The van der Waals surface area contributed by atoms with Gasteiger partial charge in [-0.1, -0.05) is 43.2 Å². The highest BCUT2D eigenvalue weighted by molar-refractivity contribution is 5.85. The van der Waals surface area contributed by atoms with Crippen LogP contribution in [0.2, 0.25) is 0 Å². The number of piperidine rings is 1. The van der Waals surface area contributed by atoms with Gasteiger partial charge in [0.05, 0.1) is 6.04 Å². The summed E-state index contributed by atoms with van der Waals surface area (Å²) in [4.78, 5) is 14.6. The van der Waals surface area contributed by atoms with Gasteiger partial charge in [-0.25, -0.2) is 0 Å². The van der Waals surface area contributed by atoms with Gasteiger partial charge in [-0.2, -0.15) is 0 Å². The van der Waals surface area contributed by atoms with Crippen molar-refractivity contribution in [1.82, 2.24) is 10.2 Å². The highest BCUT2D eigenvalue weighted by Crippen LogP contribution is 2.09. The first kappa shape index (κ1) is 24.2. The van der Waals surface area contributed by atoms with E-state index in [1.807, 2.05) is 30.3 Å². The zero-order chi connectivity index (χ0) is 16.3. The number of carbonyl (C=O) groups excluding carboxylic acids is 1. The summed E-state index contributed by atoms with van der Waals surface area (Å²) < 4.78 is 0. The number of nitrogens with two attached hydrogens (primary N) is 1. The number of nitrogens with one attached hydrogen (secondary N) is 1. The highest BCUT2D eigenvalue weighted by Gasteiger charge is 2.13. The third-order valence-electron chi connectivity index (χ3n) is 4.53. The molecule has 1 amide bonds. The van der Waals surface area contributed by atoms with Gasteiger partial charge in [0, 0.05) is 6.54 Å². The zero-order valence-corrected chi connectivity index (χ0v) is 16.6. The molecule has 0 spiro atoms. The molecule has 1 aromatic rings. The lowest BCUT2D eigenvalue weighted by Crippen LogP contribution is -2.42. The second-order valence-corrected chi connectivity index (χ2v) is 6.55. The second-order valence-electron chi connectivity index (χ2n) is 6.55. The molecule has 0 aliphatic carbocycles. The molecule has 6 heteroatoms. The molecule has 25 heavy (non-hydrogen) atoms. The third-order valence-corrected chi connectivity index (χ3v) is 4.53. The Labute approximate surface area is 164 Å². The number of hydrogen-bond acceptors (Lipinski definition) is 3. The van der Waals surface area contributed by atoms with Gasteiger partial charge in [0.15, 0.2) is 0 Å². The summed E-state index contributed by atoms with van der Waals surface area (Å²) in [6.45, 7) is 4.49. The monoisotopic (exact) mass is 389 g/mol. The molecule has 1 atom stereocenters. The minimum absolute atomic E-state index is 0. The third kappa shape index (κ3) is 10.0. The van der Waals surface area contributed by atoms with Crippen LogP contribution in [0.1, 0.15) is 44.1 Å². The summed E-state index contributed by atoms with van der Waals surface area (Å²) in [5.41, 5.74) is 7.08. The quantitative estimate of drug-likeness (QED) is 0.637. The number of rotatable bonds is 9. The van der Waals surface area contributed by atoms with Crippen LogP contribution in [0.15, 0.2) is 30.3 Å². The van der Waals surface area contributed by atoms with Gasteiger partial charge in [-0.05, 0) is 57.3 Å². The van der Waals surface area contributed by atoms with E-state index in [0.29, 0.717) is 6.42 Å². The van der Waals surface area contributed by atoms with Crippen molar-refractivity contribution in [2.24, 2.45) is 5.73 Å². The lowest BCUT2D eigenvalue weighted by Gasteiger charge is -2.26. The maximum Gasteiger partial charge on any atom is 0.237 e. The number of halogens is 2. The standard InChI is InChI=1S/C19H31N3O.2ClH/c20-18(16-17-10-4-1-5-11-17)19(23)21-12-6-2-7-13-22-14-8-3-9-15-22;;/h1,4-5,10-11,18H,2-3,6-9,12-16,20H2,(H,21,23);2*1H. The molecule has 3 N–H and O–H groups in total. The Morgan fingerprint density at radius 2 is 1.72 bits per heavy atom. The van der Waals surface area contributed by atoms with Gasteiger partial charge in [-0.15, -0.1) is 24.8 Å². The van der Waals surface area contributed by atoms with Crippen molar-refractivity contribution in [3.8, 4) is 0 Å². The summed E-state index contributed by atoms with van der Waals surface area (Å²) in [6, 6.07) is 9.48. The lowest BCUT2D eigenvalue weighted by molar-refractivity contribution is -0.122. The van der Waals surface area contributed by atoms with Gasteiger partial charge in [0.2, 0.25) is 5.91 Å². The number of hydrogen-bond donors (Lipinski definition) is 2. The number of unbranched alkanes of at least 4 members (excludes halogenated alkanes) is 2. The largest absolute Gasteiger partial charge is 0.355 e. The lowest BCUT2D eigenvalue weighted by atomic mass is 10.1. The van der Waals surface area contributed by atoms with Gasteiger partial charge >= 0.3 is 0 Å². The van der Waals surface area contributed by atoms with Crippen LogP contribution in [0.5, 0.6) is 0 Å². The van der Waals surface area contributed by atoms with Crippen molar-refractivity contribution in [3.63, 3.8) is 0 Å². The van der Waals surface area contributed by atoms with E-state index in [2.05, 4.69) is 10.2 Å². The molecule has 1 aliphatic heterocycles. The average Bonchev–Trinajstić information content (AvgIpc) is 2.59. The highest BCUT2D eigenvalue weighted by atomic mass is 35.5. The minimum Gasteiger partial charge on any atom is -0.355 e. The van der Waals surface area contributed by atoms with Crippen molar-refractivity contribution in [2.75, 3.05) is 26.2 Å². The molecule has 1 aromatic carbocycles. The summed E-state index contributed by atoms with van der Waals surface area (Å²) in [5, 5.41) is 2.96. The average molecular weight is 390 g/mol. The van der Waals surface area contributed by atoms with Crippen LogP contribution in [0.3, 0.4) is 0 Å². The van der Waals surface area contributed by atoms with E-state index >= 15 is 0 Å². The number of benzene rings is 1. The first-order valence-corrected chi connectivity index (χ1v) is 9.05. The molecule has 144 valence electrons. The van der Waals surface area contributed by atoms with Gasteiger partial charge < -0.3 is 16.0 Å². The van der Waals surface area contributed by atoms with Crippen LogP contribution < -0.4 is 11.1 Å².